The number of carbonyl (C=O) groups excluding carboxylic acids is 1. The monoisotopic (exact) mass is 392 g/mol. The van der Waals surface area contributed by atoms with Crippen molar-refractivity contribution >= 4 is 28.1 Å². The molecule has 0 aliphatic rings. The van der Waals surface area contributed by atoms with Crippen molar-refractivity contribution in [1.82, 2.24) is 0 Å². The summed E-state index contributed by atoms with van der Waals surface area (Å²) in [4.78, 5) is 12.3. The van der Waals surface area contributed by atoms with Gasteiger partial charge in [0.15, 0.2) is 6.61 Å². The topological polar surface area (TPSA) is 50.4 Å². The van der Waals surface area contributed by atoms with Crippen molar-refractivity contribution in [3.05, 3.63) is 66.5 Å². The summed E-state index contributed by atoms with van der Waals surface area (Å²) in [7, 11) is 0. The molecule has 0 aliphatic heterocycles. The number of benzene rings is 3. The summed E-state index contributed by atoms with van der Waals surface area (Å²) in [5.74, 6) is -1.31. The van der Waals surface area contributed by atoms with E-state index in [1.807, 2.05) is 30.3 Å². The van der Waals surface area contributed by atoms with Crippen molar-refractivity contribution < 1.29 is 27.1 Å². The van der Waals surface area contributed by atoms with E-state index in [1.165, 1.54) is 0 Å². The van der Waals surface area contributed by atoms with E-state index in [1.54, 1.807) is 12.1 Å². The van der Waals surface area contributed by atoms with Crippen LogP contribution in [0.2, 0.25) is 0 Å². The molecule has 0 unspecified atom stereocenters. The lowest BCUT2D eigenvalue weighted by atomic mass is 10.1. The van der Waals surface area contributed by atoms with Gasteiger partial charge >= 0.3 is 6.18 Å². The summed E-state index contributed by atoms with van der Waals surface area (Å²) in [5, 5.41) is 7.13. The standard InChI is InChI=1S/C20H16F4N2O2/c21-14-8-9-18(28-12-20(22,23)24)17(10-14)25-11-19(27)26-16-7-3-5-13-4-1-2-6-15(13)16/h1-10,25H,11-12H2,(H,26,27). The van der Waals surface area contributed by atoms with Crippen LogP contribution < -0.4 is 15.4 Å². The molecule has 28 heavy (non-hydrogen) atoms. The van der Waals surface area contributed by atoms with Crippen LogP contribution in [0.4, 0.5) is 28.9 Å². The Morgan fingerprint density at radius 2 is 1.71 bits per heavy atom. The number of anilines is 2. The van der Waals surface area contributed by atoms with E-state index in [0.29, 0.717) is 5.69 Å². The summed E-state index contributed by atoms with van der Waals surface area (Å²) in [6.45, 7) is -1.80. The van der Waals surface area contributed by atoms with E-state index in [9.17, 15) is 22.4 Å². The Bertz CT molecular complexity index is 984. The minimum Gasteiger partial charge on any atom is -0.482 e. The van der Waals surface area contributed by atoms with Gasteiger partial charge in [-0.2, -0.15) is 13.2 Å². The molecule has 0 saturated heterocycles. The first-order valence-corrected chi connectivity index (χ1v) is 8.32. The molecule has 3 aromatic carbocycles. The number of rotatable bonds is 6. The zero-order valence-electron chi connectivity index (χ0n) is 14.5. The first-order valence-electron chi connectivity index (χ1n) is 8.32. The molecule has 4 nitrogen and oxygen atoms in total. The Balaban J connectivity index is 1.68. The van der Waals surface area contributed by atoms with Gasteiger partial charge in [-0.05, 0) is 23.6 Å². The second-order valence-corrected chi connectivity index (χ2v) is 5.97. The number of fused-ring (bicyclic) bond motifs is 1. The number of carbonyl (C=O) groups is 1. The molecule has 3 rings (SSSR count). The van der Waals surface area contributed by atoms with Crippen molar-refractivity contribution in [2.24, 2.45) is 0 Å². The molecule has 146 valence electrons. The predicted molar refractivity (Wildman–Crippen MR) is 99.0 cm³/mol. The highest BCUT2D eigenvalue weighted by atomic mass is 19.4. The molecule has 2 N–H and O–H groups in total. The summed E-state index contributed by atoms with van der Waals surface area (Å²) >= 11 is 0. The lowest BCUT2D eigenvalue weighted by Crippen LogP contribution is -2.23. The van der Waals surface area contributed by atoms with Gasteiger partial charge in [0.2, 0.25) is 5.91 Å². The van der Waals surface area contributed by atoms with Crippen LogP contribution in [0.3, 0.4) is 0 Å². The normalized spacial score (nSPS) is 11.3. The van der Waals surface area contributed by atoms with E-state index >= 15 is 0 Å². The van der Waals surface area contributed by atoms with Gasteiger partial charge in [0.1, 0.15) is 11.6 Å². The molecular formula is C20H16F4N2O2. The van der Waals surface area contributed by atoms with Crippen LogP contribution in [0.1, 0.15) is 0 Å². The fourth-order valence-corrected chi connectivity index (χ4v) is 2.63. The highest BCUT2D eigenvalue weighted by molar-refractivity contribution is 6.03. The van der Waals surface area contributed by atoms with Crippen molar-refractivity contribution in [2.75, 3.05) is 23.8 Å². The third-order valence-corrected chi connectivity index (χ3v) is 3.84. The molecule has 0 aliphatic carbocycles. The molecule has 0 fully saturated rings. The van der Waals surface area contributed by atoms with Gasteiger partial charge in [-0.15, -0.1) is 0 Å². The Morgan fingerprint density at radius 1 is 0.964 bits per heavy atom. The number of ether oxygens (including phenoxy) is 1. The first-order chi connectivity index (χ1) is 13.3. The van der Waals surface area contributed by atoms with E-state index < -0.39 is 24.5 Å². The van der Waals surface area contributed by atoms with Gasteiger partial charge < -0.3 is 15.4 Å². The number of amides is 1. The maximum absolute atomic E-state index is 13.4. The minimum absolute atomic E-state index is 0.0441. The Labute approximate surface area is 158 Å². The van der Waals surface area contributed by atoms with Crippen molar-refractivity contribution in [3.8, 4) is 5.75 Å². The van der Waals surface area contributed by atoms with Gasteiger partial charge in [-0.25, -0.2) is 4.39 Å². The molecule has 0 aromatic heterocycles. The van der Waals surface area contributed by atoms with Crippen molar-refractivity contribution in [3.63, 3.8) is 0 Å². The van der Waals surface area contributed by atoms with Gasteiger partial charge in [-0.3, -0.25) is 4.79 Å². The molecule has 3 aromatic rings. The molecule has 8 heteroatoms. The van der Waals surface area contributed by atoms with Crippen LogP contribution in [-0.4, -0.2) is 25.2 Å². The molecule has 0 heterocycles. The highest BCUT2D eigenvalue weighted by Crippen LogP contribution is 2.28. The number of hydrogen-bond acceptors (Lipinski definition) is 3. The van der Waals surface area contributed by atoms with Gasteiger partial charge in [0.25, 0.3) is 0 Å². The lowest BCUT2D eigenvalue weighted by molar-refractivity contribution is -0.153. The predicted octanol–water partition coefficient (Wildman–Crippen LogP) is 4.97. The zero-order valence-corrected chi connectivity index (χ0v) is 14.5. The number of nitrogens with one attached hydrogen (secondary N) is 2. The lowest BCUT2D eigenvalue weighted by Gasteiger charge is -2.15. The largest absolute Gasteiger partial charge is 0.482 e. The third-order valence-electron chi connectivity index (χ3n) is 3.84. The maximum Gasteiger partial charge on any atom is 0.422 e. The van der Waals surface area contributed by atoms with Crippen molar-refractivity contribution in [2.45, 2.75) is 6.18 Å². The molecule has 1 amide bonds. The second-order valence-electron chi connectivity index (χ2n) is 5.97. The molecular weight excluding hydrogens is 376 g/mol. The number of hydrogen-bond donors (Lipinski definition) is 2. The van der Waals surface area contributed by atoms with Gasteiger partial charge in [0, 0.05) is 17.1 Å². The third kappa shape index (κ3) is 5.12. The van der Waals surface area contributed by atoms with E-state index in [2.05, 4.69) is 15.4 Å². The Hall–Kier alpha value is -3.29. The van der Waals surface area contributed by atoms with Crippen LogP contribution in [0.15, 0.2) is 60.7 Å². The Morgan fingerprint density at radius 3 is 2.50 bits per heavy atom. The Kier molecular flexibility index (Phi) is 5.67. The highest BCUT2D eigenvalue weighted by Gasteiger charge is 2.29. The second kappa shape index (κ2) is 8.16. The average Bonchev–Trinajstić information content (AvgIpc) is 2.65. The maximum atomic E-state index is 13.4. The fraction of sp³-hybridized carbons (Fsp3) is 0.150. The SMILES string of the molecule is O=C(CNc1cc(F)ccc1OCC(F)(F)F)Nc1cccc2ccccc12. The van der Waals surface area contributed by atoms with E-state index in [-0.39, 0.29) is 18.0 Å². The van der Waals surface area contributed by atoms with Crippen molar-refractivity contribution in [1.29, 1.82) is 0 Å². The van der Waals surface area contributed by atoms with Crippen LogP contribution in [0, 0.1) is 5.82 Å². The van der Waals surface area contributed by atoms with Crippen LogP contribution in [0.25, 0.3) is 10.8 Å². The molecule has 0 bridgehead atoms. The fourth-order valence-electron chi connectivity index (χ4n) is 2.63. The molecule has 0 radical (unpaired) electrons. The number of halogens is 4. The van der Waals surface area contributed by atoms with E-state index in [0.717, 1.165) is 29.0 Å². The zero-order chi connectivity index (χ0) is 20.1. The molecule has 0 saturated carbocycles. The average molecular weight is 392 g/mol. The summed E-state index contributed by atoms with van der Waals surface area (Å²) in [5.41, 5.74) is 0.551. The van der Waals surface area contributed by atoms with E-state index in [4.69, 9.17) is 0 Å². The summed E-state index contributed by atoms with van der Waals surface area (Å²) in [6, 6.07) is 15.9. The van der Waals surface area contributed by atoms with Crippen LogP contribution in [-0.2, 0) is 4.79 Å². The van der Waals surface area contributed by atoms with Crippen LogP contribution >= 0.6 is 0 Å². The minimum atomic E-state index is -4.53. The van der Waals surface area contributed by atoms with Crippen LogP contribution in [0.5, 0.6) is 5.75 Å². The number of alkyl halides is 3. The summed E-state index contributed by atoms with van der Waals surface area (Å²) in [6.07, 6.45) is -4.53. The van der Waals surface area contributed by atoms with Gasteiger partial charge in [-0.1, -0.05) is 36.4 Å². The quantitative estimate of drug-likeness (QED) is 0.583. The molecule has 0 spiro atoms. The smallest absolute Gasteiger partial charge is 0.422 e. The molecule has 0 atom stereocenters. The first kappa shape index (κ1) is 19.5. The van der Waals surface area contributed by atoms with Gasteiger partial charge in [0.05, 0.1) is 12.2 Å². The summed E-state index contributed by atoms with van der Waals surface area (Å²) < 4.78 is 55.2.